The maximum atomic E-state index is 13.7. The largest absolute Gasteiger partial charge is 0.383 e. The Balaban J connectivity index is 1.78. The quantitative estimate of drug-likeness (QED) is 0.540. The number of hydrogen-bond acceptors (Lipinski definition) is 5. The van der Waals surface area contributed by atoms with E-state index in [2.05, 4.69) is 5.32 Å². The molecule has 2 atom stereocenters. The fourth-order valence-corrected chi connectivity index (χ4v) is 5.00. The van der Waals surface area contributed by atoms with E-state index in [4.69, 9.17) is 4.74 Å². The molecule has 7 heteroatoms. The topological polar surface area (TPSA) is 75.7 Å². The first-order chi connectivity index (χ1) is 15.5. The van der Waals surface area contributed by atoms with Crippen LogP contribution in [0.1, 0.15) is 50.0 Å². The number of carbonyl (C=O) groups is 3. The molecule has 0 radical (unpaired) electrons. The molecular weight excluding hydrogens is 424 g/mol. The zero-order chi connectivity index (χ0) is 22.7. The molecule has 2 heterocycles. The van der Waals surface area contributed by atoms with Crippen LogP contribution in [0.5, 0.6) is 0 Å². The van der Waals surface area contributed by atoms with E-state index in [1.807, 2.05) is 35.7 Å². The van der Waals surface area contributed by atoms with Gasteiger partial charge in [0.2, 0.25) is 5.91 Å². The van der Waals surface area contributed by atoms with E-state index in [1.165, 1.54) is 18.3 Å². The summed E-state index contributed by atoms with van der Waals surface area (Å²) < 4.78 is 5.25. The number of amides is 2. The highest BCUT2D eigenvalue weighted by Crippen LogP contribution is 2.44. The van der Waals surface area contributed by atoms with Gasteiger partial charge in [-0.25, -0.2) is 0 Å². The number of ketones is 1. The maximum Gasteiger partial charge on any atom is 0.254 e. The summed E-state index contributed by atoms with van der Waals surface area (Å²) in [5, 5.41) is 4.92. The van der Waals surface area contributed by atoms with Crippen molar-refractivity contribution in [2.24, 2.45) is 0 Å². The van der Waals surface area contributed by atoms with E-state index < -0.39 is 12.0 Å². The number of ether oxygens (including phenoxy) is 1. The fourth-order valence-electron chi connectivity index (χ4n) is 4.12. The molecule has 2 amide bonds. The van der Waals surface area contributed by atoms with Gasteiger partial charge in [0.15, 0.2) is 5.78 Å². The second-order valence-electron chi connectivity index (χ2n) is 7.64. The number of benzene rings is 2. The predicted octanol–water partition coefficient (Wildman–Crippen LogP) is 4.52. The first-order valence-corrected chi connectivity index (χ1v) is 11.2. The molecule has 0 aliphatic carbocycles. The van der Waals surface area contributed by atoms with E-state index in [0.717, 1.165) is 4.88 Å². The van der Waals surface area contributed by atoms with Gasteiger partial charge in [0.05, 0.1) is 18.6 Å². The first kappa shape index (κ1) is 21.9. The Hall–Kier alpha value is -3.29. The fraction of sp³-hybridized carbons (Fsp3) is 0.240. The predicted molar refractivity (Wildman–Crippen MR) is 124 cm³/mol. The Bertz CT molecular complexity index is 1140. The van der Waals surface area contributed by atoms with E-state index >= 15 is 0 Å². The van der Waals surface area contributed by atoms with Crippen LogP contribution < -0.4 is 5.32 Å². The lowest BCUT2D eigenvalue weighted by atomic mass is 9.81. The van der Waals surface area contributed by atoms with Gasteiger partial charge in [0.25, 0.3) is 5.91 Å². The molecule has 2 aromatic carbocycles. The molecule has 6 nitrogen and oxygen atoms in total. The number of fused-ring (bicyclic) bond motifs is 1. The van der Waals surface area contributed by atoms with Gasteiger partial charge in [-0.05, 0) is 42.1 Å². The van der Waals surface area contributed by atoms with Crippen LogP contribution in [0.15, 0.2) is 66.0 Å². The minimum Gasteiger partial charge on any atom is -0.383 e. The van der Waals surface area contributed by atoms with Crippen LogP contribution in [0.2, 0.25) is 0 Å². The van der Waals surface area contributed by atoms with Crippen LogP contribution in [0.3, 0.4) is 0 Å². The van der Waals surface area contributed by atoms with Crippen molar-refractivity contribution in [1.29, 1.82) is 0 Å². The third-order valence-corrected chi connectivity index (χ3v) is 6.57. The van der Waals surface area contributed by atoms with Crippen molar-refractivity contribution < 1.29 is 19.1 Å². The normalized spacial score (nSPS) is 17.7. The molecule has 4 rings (SSSR count). The molecule has 32 heavy (non-hydrogen) atoms. The van der Waals surface area contributed by atoms with Crippen molar-refractivity contribution in [2.75, 3.05) is 25.6 Å². The molecule has 1 aliphatic heterocycles. The Labute approximate surface area is 190 Å². The third-order valence-electron chi connectivity index (χ3n) is 5.63. The van der Waals surface area contributed by atoms with Crippen molar-refractivity contribution in [1.82, 2.24) is 4.90 Å². The average molecular weight is 449 g/mol. The summed E-state index contributed by atoms with van der Waals surface area (Å²) >= 11 is 1.52. The SMILES string of the molecule is COCCN1C(=O)c2ccccc2C(C(=O)Nc2cccc(C(C)=O)c2)C1c1cccs1. The number of nitrogens with one attached hydrogen (secondary N) is 1. The summed E-state index contributed by atoms with van der Waals surface area (Å²) in [5.41, 5.74) is 2.29. The molecule has 2 unspecified atom stereocenters. The van der Waals surface area contributed by atoms with Gasteiger partial charge in [-0.15, -0.1) is 11.3 Å². The molecule has 0 fully saturated rings. The second-order valence-corrected chi connectivity index (χ2v) is 8.62. The van der Waals surface area contributed by atoms with Crippen molar-refractivity contribution >= 4 is 34.6 Å². The summed E-state index contributed by atoms with van der Waals surface area (Å²) in [5.74, 6) is -1.03. The van der Waals surface area contributed by atoms with Crippen molar-refractivity contribution in [3.63, 3.8) is 0 Å². The van der Waals surface area contributed by atoms with Crippen molar-refractivity contribution in [3.8, 4) is 0 Å². The molecular formula is C25H24N2O4S. The summed E-state index contributed by atoms with van der Waals surface area (Å²) in [7, 11) is 1.59. The molecule has 0 saturated heterocycles. The number of methoxy groups -OCH3 is 1. The van der Waals surface area contributed by atoms with Gasteiger partial charge in [0, 0.05) is 35.3 Å². The van der Waals surface area contributed by atoms with Crippen molar-refractivity contribution in [2.45, 2.75) is 18.9 Å². The van der Waals surface area contributed by atoms with Gasteiger partial charge in [-0.2, -0.15) is 0 Å². The Morgan fingerprint density at radius 1 is 1.09 bits per heavy atom. The number of Topliss-reactive ketones (excluding diaryl/α,β-unsaturated/α-hetero) is 1. The standard InChI is InChI=1S/C25H24N2O4S/c1-16(28)17-7-5-8-18(15-17)26-24(29)22-19-9-3-4-10-20(19)25(30)27(12-13-31-2)23(22)21-11-6-14-32-21/h3-11,14-15,22-23H,12-13H2,1-2H3,(H,26,29). The number of anilines is 1. The molecule has 1 N–H and O–H groups in total. The number of carbonyl (C=O) groups excluding carboxylic acids is 3. The third kappa shape index (κ3) is 4.22. The lowest BCUT2D eigenvalue weighted by Crippen LogP contribution is -2.47. The van der Waals surface area contributed by atoms with Gasteiger partial charge in [0.1, 0.15) is 0 Å². The summed E-state index contributed by atoms with van der Waals surface area (Å²) in [4.78, 5) is 41.5. The molecule has 1 aliphatic rings. The molecule has 164 valence electrons. The van der Waals surface area contributed by atoms with Crippen LogP contribution in [-0.4, -0.2) is 42.8 Å². The molecule has 0 saturated carbocycles. The first-order valence-electron chi connectivity index (χ1n) is 10.4. The van der Waals surface area contributed by atoms with Gasteiger partial charge >= 0.3 is 0 Å². The summed E-state index contributed by atoms with van der Waals surface area (Å²) in [6.45, 7) is 2.23. The number of rotatable bonds is 7. The number of thiophene rings is 1. The van der Waals surface area contributed by atoms with Crippen LogP contribution in [-0.2, 0) is 9.53 Å². The van der Waals surface area contributed by atoms with Crippen molar-refractivity contribution in [3.05, 3.63) is 87.6 Å². The summed E-state index contributed by atoms with van der Waals surface area (Å²) in [6, 6.07) is 17.6. The van der Waals surface area contributed by atoms with Gasteiger partial charge < -0.3 is 15.0 Å². The second kappa shape index (κ2) is 9.46. The Morgan fingerprint density at radius 2 is 1.91 bits per heavy atom. The number of hydrogen-bond donors (Lipinski definition) is 1. The zero-order valence-corrected chi connectivity index (χ0v) is 18.7. The molecule has 3 aromatic rings. The number of nitrogens with zero attached hydrogens (tertiary/aromatic N) is 1. The Kier molecular flexibility index (Phi) is 6.48. The highest BCUT2D eigenvalue weighted by molar-refractivity contribution is 7.10. The monoisotopic (exact) mass is 448 g/mol. The van der Waals surface area contributed by atoms with Crippen LogP contribution >= 0.6 is 11.3 Å². The van der Waals surface area contributed by atoms with E-state index in [0.29, 0.717) is 35.5 Å². The van der Waals surface area contributed by atoms with E-state index in [1.54, 1.807) is 42.3 Å². The maximum absolute atomic E-state index is 13.7. The molecule has 0 spiro atoms. The highest BCUT2D eigenvalue weighted by atomic mass is 32.1. The lowest BCUT2D eigenvalue weighted by Gasteiger charge is -2.41. The summed E-state index contributed by atoms with van der Waals surface area (Å²) in [6.07, 6.45) is 0. The van der Waals surface area contributed by atoms with Crippen LogP contribution in [0, 0.1) is 0 Å². The van der Waals surface area contributed by atoms with E-state index in [-0.39, 0.29) is 17.6 Å². The zero-order valence-electron chi connectivity index (χ0n) is 17.9. The average Bonchev–Trinajstić information content (AvgIpc) is 3.33. The smallest absolute Gasteiger partial charge is 0.254 e. The lowest BCUT2D eigenvalue weighted by molar-refractivity contribution is -0.119. The Morgan fingerprint density at radius 3 is 2.62 bits per heavy atom. The van der Waals surface area contributed by atoms with Crippen LogP contribution in [0.25, 0.3) is 0 Å². The minimum atomic E-state index is -0.611. The molecule has 1 aromatic heterocycles. The molecule has 0 bridgehead atoms. The van der Waals surface area contributed by atoms with Gasteiger partial charge in [-0.1, -0.05) is 36.4 Å². The minimum absolute atomic E-state index is 0.0723. The van der Waals surface area contributed by atoms with E-state index in [9.17, 15) is 14.4 Å². The van der Waals surface area contributed by atoms with Crippen LogP contribution in [0.4, 0.5) is 5.69 Å². The highest BCUT2D eigenvalue weighted by Gasteiger charge is 2.44. The van der Waals surface area contributed by atoms with Gasteiger partial charge in [-0.3, -0.25) is 14.4 Å².